The van der Waals surface area contributed by atoms with Crippen molar-refractivity contribution in [3.05, 3.63) is 35.4 Å². The molecule has 186 valence electrons. The quantitative estimate of drug-likeness (QED) is 0.193. The van der Waals surface area contributed by atoms with Crippen molar-refractivity contribution in [2.75, 3.05) is 13.2 Å². The number of esters is 2. The summed E-state index contributed by atoms with van der Waals surface area (Å²) in [5.41, 5.74) is 0.430. The van der Waals surface area contributed by atoms with Crippen molar-refractivity contribution in [1.29, 1.82) is 0 Å². The maximum atomic E-state index is 12.7. The van der Waals surface area contributed by atoms with E-state index in [9.17, 15) is 14.4 Å². The third-order valence-electron chi connectivity index (χ3n) is 5.77. The predicted octanol–water partition coefficient (Wildman–Crippen LogP) is 5.30. The van der Waals surface area contributed by atoms with Crippen molar-refractivity contribution in [3.63, 3.8) is 0 Å². The van der Waals surface area contributed by atoms with Crippen LogP contribution in [0.4, 0.5) is 0 Å². The zero-order valence-electron chi connectivity index (χ0n) is 21.0. The Balaban J connectivity index is 2.67. The summed E-state index contributed by atoms with van der Waals surface area (Å²) in [4.78, 5) is 37.2. The highest BCUT2D eigenvalue weighted by Gasteiger charge is 2.49. The highest BCUT2D eigenvalue weighted by molar-refractivity contribution is 6.07. The van der Waals surface area contributed by atoms with Crippen LogP contribution in [0.3, 0.4) is 0 Å². The first-order chi connectivity index (χ1) is 15.9. The number of ether oxygens (including phenoxy) is 2. The molecule has 0 saturated heterocycles. The minimum atomic E-state index is -1.84. The summed E-state index contributed by atoms with van der Waals surface area (Å²) in [6, 6.07) is 8.25. The summed E-state index contributed by atoms with van der Waals surface area (Å²) in [5, 5.41) is 2.51. The SMILES string of the molecule is CCCCCCCCCCc1ccc(CCC(NC(C)=O)(C(=O)OCC)C(=O)OCC)cc1. The lowest BCUT2D eigenvalue weighted by molar-refractivity contribution is -0.168. The maximum absolute atomic E-state index is 12.7. The van der Waals surface area contributed by atoms with E-state index >= 15 is 0 Å². The Bertz CT molecular complexity index is 696. The maximum Gasteiger partial charge on any atom is 0.343 e. The van der Waals surface area contributed by atoms with Crippen molar-refractivity contribution >= 4 is 17.8 Å². The van der Waals surface area contributed by atoms with Gasteiger partial charge in [-0.15, -0.1) is 0 Å². The second-order valence-corrected chi connectivity index (χ2v) is 8.57. The van der Waals surface area contributed by atoms with Crippen LogP contribution in [0.2, 0.25) is 0 Å². The van der Waals surface area contributed by atoms with Crippen molar-refractivity contribution in [2.24, 2.45) is 0 Å². The number of carbonyl (C=O) groups is 3. The number of carbonyl (C=O) groups excluding carboxylic acids is 3. The molecule has 1 aromatic carbocycles. The van der Waals surface area contributed by atoms with Gasteiger partial charge < -0.3 is 14.8 Å². The van der Waals surface area contributed by atoms with Gasteiger partial charge in [-0.1, -0.05) is 76.1 Å². The van der Waals surface area contributed by atoms with Crippen molar-refractivity contribution in [1.82, 2.24) is 5.32 Å². The highest BCUT2D eigenvalue weighted by atomic mass is 16.6. The fourth-order valence-corrected chi connectivity index (χ4v) is 3.93. The summed E-state index contributed by atoms with van der Waals surface area (Å²) in [5.74, 6) is -2.06. The molecule has 0 aliphatic rings. The Labute approximate surface area is 199 Å². The third-order valence-corrected chi connectivity index (χ3v) is 5.77. The van der Waals surface area contributed by atoms with E-state index in [1.54, 1.807) is 13.8 Å². The van der Waals surface area contributed by atoms with Gasteiger partial charge in [-0.2, -0.15) is 0 Å². The minimum absolute atomic E-state index is 0.0711. The first-order valence-electron chi connectivity index (χ1n) is 12.6. The van der Waals surface area contributed by atoms with Gasteiger partial charge in [0.05, 0.1) is 13.2 Å². The standard InChI is InChI=1S/C27H43NO5/c1-5-8-9-10-11-12-13-14-15-23-16-18-24(19-17-23)20-21-27(28-22(4)29,25(30)32-6-2)26(31)33-7-3/h16-19H,5-15,20-21H2,1-4H3,(H,28,29). The zero-order chi connectivity index (χ0) is 24.5. The predicted molar refractivity (Wildman–Crippen MR) is 131 cm³/mol. The summed E-state index contributed by atoms with van der Waals surface area (Å²) in [6.07, 6.45) is 12.0. The minimum Gasteiger partial charge on any atom is -0.464 e. The van der Waals surface area contributed by atoms with E-state index in [4.69, 9.17) is 9.47 Å². The van der Waals surface area contributed by atoms with Gasteiger partial charge in [0.2, 0.25) is 11.4 Å². The second-order valence-electron chi connectivity index (χ2n) is 8.57. The molecule has 1 rings (SSSR count). The molecule has 33 heavy (non-hydrogen) atoms. The average molecular weight is 462 g/mol. The molecule has 1 N–H and O–H groups in total. The van der Waals surface area contributed by atoms with E-state index in [1.165, 1.54) is 63.9 Å². The molecule has 6 heteroatoms. The molecule has 0 unspecified atom stereocenters. The molecule has 0 radical (unpaired) electrons. The van der Waals surface area contributed by atoms with Gasteiger partial charge in [0.25, 0.3) is 0 Å². The van der Waals surface area contributed by atoms with E-state index in [2.05, 4.69) is 24.4 Å². The van der Waals surface area contributed by atoms with E-state index < -0.39 is 23.4 Å². The van der Waals surface area contributed by atoms with Gasteiger partial charge in [0.1, 0.15) is 0 Å². The average Bonchev–Trinajstić information content (AvgIpc) is 2.79. The molecular formula is C27H43NO5. The molecule has 1 aromatic rings. The lowest BCUT2D eigenvalue weighted by Crippen LogP contribution is -2.61. The molecule has 0 fully saturated rings. The number of hydrogen-bond donors (Lipinski definition) is 1. The van der Waals surface area contributed by atoms with Crippen molar-refractivity contribution in [2.45, 2.75) is 104 Å². The monoisotopic (exact) mass is 461 g/mol. The fraction of sp³-hybridized carbons (Fsp3) is 0.667. The molecule has 0 saturated carbocycles. The number of hydrogen-bond acceptors (Lipinski definition) is 5. The van der Waals surface area contributed by atoms with E-state index in [-0.39, 0.29) is 19.6 Å². The lowest BCUT2D eigenvalue weighted by atomic mass is 9.90. The van der Waals surface area contributed by atoms with E-state index in [0.717, 1.165) is 12.0 Å². The van der Waals surface area contributed by atoms with Gasteiger partial charge in [0, 0.05) is 6.92 Å². The highest BCUT2D eigenvalue weighted by Crippen LogP contribution is 2.21. The Morgan fingerprint density at radius 3 is 1.64 bits per heavy atom. The third kappa shape index (κ3) is 10.4. The van der Waals surface area contributed by atoms with Crippen LogP contribution in [-0.4, -0.2) is 36.6 Å². The molecule has 0 aliphatic heterocycles. The molecule has 0 spiro atoms. The number of nitrogens with one attached hydrogen (secondary N) is 1. The van der Waals surface area contributed by atoms with Gasteiger partial charge in [-0.3, -0.25) is 4.79 Å². The van der Waals surface area contributed by atoms with Gasteiger partial charge in [-0.25, -0.2) is 9.59 Å². The topological polar surface area (TPSA) is 81.7 Å². The smallest absolute Gasteiger partial charge is 0.343 e. The molecule has 1 amide bonds. The summed E-state index contributed by atoms with van der Waals surface area (Å²) in [7, 11) is 0. The molecule has 0 heterocycles. The molecule has 0 aliphatic carbocycles. The Morgan fingerprint density at radius 2 is 1.18 bits per heavy atom. The van der Waals surface area contributed by atoms with Crippen molar-refractivity contribution < 1.29 is 23.9 Å². The van der Waals surface area contributed by atoms with E-state index in [0.29, 0.717) is 6.42 Å². The Hall–Kier alpha value is -2.37. The van der Waals surface area contributed by atoms with Crippen LogP contribution in [-0.2, 0) is 36.7 Å². The number of benzene rings is 1. The molecule has 6 nitrogen and oxygen atoms in total. The van der Waals surface area contributed by atoms with E-state index in [1.807, 2.05) is 12.1 Å². The lowest BCUT2D eigenvalue weighted by Gasteiger charge is -2.29. The van der Waals surface area contributed by atoms with Crippen LogP contribution in [0.25, 0.3) is 0 Å². The van der Waals surface area contributed by atoms with Crippen LogP contribution in [0.5, 0.6) is 0 Å². The summed E-state index contributed by atoms with van der Waals surface area (Å²) >= 11 is 0. The van der Waals surface area contributed by atoms with Crippen LogP contribution in [0.15, 0.2) is 24.3 Å². The van der Waals surface area contributed by atoms with Gasteiger partial charge in [0.15, 0.2) is 0 Å². The molecular weight excluding hydrogens is 418 g/mol. The number of rotatable bonds is 17. The normalized spacial score (nSPS) is 11.2. The summed E-state index contributed by atoms with van der Waals surface area (Å²) < 4.78 is 10.2. The first kappa shape index (κ1) is 28.7. The van der Waals surface area contributed by atoms with Gasteiger partial charge >= 0.3 is 11.9 Å². The summed E-state index contributed by atoms with van der Waals surface area (Å²) in [6.45, 7) is 7.04. The molecule has 0 bridgehead atoms. The number of aryl methyl sites for hydroxylation is 2. The van der Waals surface area contributed by atoms with Crippen LogP contribution >= 0.6 is 0 Å². The first-order valence-corrected chi connectivity index (χ1v) is 12.6. The van der Waals surface area contributed by atoms with Gasteiger partial charge in [-0.05, 0) is 50.7 Å². The van der Waals surface area contributed by atoms with Crippen molar-refractivity contribution in [3.8, 4) is 0 Å². The van der Waals surface area contributed by atoms with Crippen LogP contribution in [0, 0.1) is 0 Å². The number of unbranched alkanes of at least 4 members (excludes halogenated alkanes) is 7. The number of amides is 1. The molecule has 0 aromatic heterocycles. The Morgan fingerprint density at radius 1 is 0.727 bits per heavy atom. The Kier molecular flexibility index (Phi) is 14.1. The van der Waals surface area contributed by atoms with Crippen LogP contribution in [0.1, 0.15) is 96.6 Å². The largest absolute Gasteiger partial charge is 0.464 e. The second kappa shape index (κ2) is 16.3. The zero-order valence-corrected chi connectivity index (χ0v) is 21.0. The van der Waals surface area contributed by atoms with Crippen LogP contribution < -0.4 is 5.32 Å². The fourth-order valence-electron chi connectivity index (χ4n) is 3.93. The molecule has 0 atom stereocenters.